The maximum absolute atomic E-state index is 12.6. The van der Waals surface area contributed by atoms with Gasteiger partial charge in [-0.25, -0.2) is 8.42 Å². The monoisotopic (exact) mass is 330 g/mol. The lowest BCUT2D eigenvalue weighted by molar-refractivity contribution is 0.174. The van der Waals surface area contributed by atoms with Gasteiger partial charge in [-0.2, -0.15) is 9.57 Å². The van der Waals surface area contributed by atoms with Crippen molar-refractivity contribution in [2.24, 2.45) is 0 Å². The first kappa shape index (κ1) is 15.3. The smallest absolute Gasteiger partial charge is 0.243 e. The highest BCUT2D eigenvalue weighted by molar-refractivity contribution is 7.89. The minimum atomic E-state index is -3.62. The summed E-state index contributed by atoms with van der Waals surface area (Å²) in [7, 11) is -2.11. The van der Waals surface area contributed by atoms with E-state index in [9.17, 15) is 8.42 Å². The van der Waals surface area contributed by atoms with Crippen LogP contribution in [0.25, 0.3) is 0 Å². The first-order valence-electron chi connectivity index (χ1n) is 6.86. The maximum Gasteiger partial charge on any atom is 0.243 e. The number of benzene rings is 2. The van der Waals surface area contributed by atoms with Crippen LogP contribution in [0.5, 0.6) is 11.5 Å². The van der Waals surface area contributed by atoms with Gasteiger partial charge in [0.25, 0.3) is 0 Å². The third-order valence-electron chi connectivity index (χ3n) is 3.53. The molecule has 0 bridgehead atoms. The van der Waals surface area contributed by atoms with E-state index in [1.54, 1.807) is 18.2 Å². The van der Waals surface area contributed by atoms with Crippen LogP contribution in [0.4, 0.5) is 0 Å². The molecule has 2 aromatic rings. The first-order valence-corrected chi connectivity index (χ1v) is 8.30. The van der Waals surface area contributed by atoms with Crippen LogP contribution >= 0.6 is 0 Å². The van der Waals surface area contributed by atoms with E-state index in [1.165, 1.54) is 35.6 Å². The number of fused-ring (bicyclic) bond motifs is 1. The Morgan fingerprint density at radius 1 is 1.13 bits per heavy atom. The fraction of sp³-hybridized carbons (Fsp3) is 0.188. The maximum atomic E-state index is 12.6. The first-order chi connectivity index (χ1) is 11.0. The van der Waals surface area contributed by atoms with E-state index in [0.29, 0.717) is 17.1 Å². The van der Waals surface area contributed by atoms with E-state index in [0.717, 1.165) is 5.56 Å². The number of nitrogens with zero attached hydrogens (tertiary/aromatic N) is 2. The quantitative estimate of drug-likeness (QED) is 0.858. The Morgan fingerprint density at radius 2 is 1.83 bits per heavy atom. The minimum absolute atomic E-state index is 0.153. The Kier molecular flexibility index (Phi) is 3.94. The van der Waals surface area contributed by atoms with E-state index in [4.69, 9.17) is 14.7 Å². The summed E-state index contributed by atoms with van der Waals surface area (Å²) in [4.78, 5) is 0.153. The van der Waals surface area contributed by atoms with Crippen LogP contribution in [-0.4, -0.2) is 26.6 Å². The fourth-order valence-corrected chi connectivity index (χ4v) is 3.42. The van der Waals surface area contributed by atoms with Gasteiger partial charge in [0.1, 0.15) is 0 Å². The molecule has 0 atom stereocenters. The van der Waals surface area contributed by atoms with Gasteiger partial charge in [-0.15, -0.1) is 0 Å². The number of hydrogen-bond donors (Lipinski definition) is 0. The summed E-state index contributed by atoms with van der Waals surface area (Å²) >= 11 is 0. The molecule has 0 saturated carbocycles. The Bertz CT molecular complexity index is 870. The molecule has 0 spiro atoms. The van der Waals surface area contributed by atoms with Gasteiger partial charge < -0.3 is 9.47 Å². The van der Waals surface area contributed by atoms with E-state index in [2.05, 4.69) is 0 Å². The molecule has 7 heteroatoms. The van der Waals surface area contributed by atoms with E-state index >= 15 is 0 Å². The van der Waals surface area contributed by atoms with Crippen LogP contribution in [0, 0.1) is 11.3 Å². The largest absolute Gasteiger partial charge is 0.454 e. The molecule has 3 rings (SSSR count). The second-order valence-electron chi connectivity index (χ2n) is 5.08. The Balaban J connectivity index is 1.81. The number of nitriles is 1. The van der Waals surface area contributed by atoms with Gasteiger partial charge in [0.15, 0.2) is 11.5 Å². The number of hydrogen-bond acceptors (Lipinski definition) is 5. The van der Waals surface area contributed by atoms with Crippen LogP contribution in [-0.2, 0) is 16.6 Å². The van der Waals surface area contributed by atoms with Crippen LogP contribution in [0.15, 0.2) is 47.4 Å². The molecule has 118 valence electrons. The molecule has 0 aromatic heterocycles. The van der Waals surface area contributed by atoms with Crippen molar-refractivity contribution in [2.45, 2.75) is 11.4 Å². The Labute approximate surface area is 134 Å². The number of ether oxygens (including phenoxy) is 2. The Morgan fingerprint density at radius 3 is 2.52 bits per heavy atom. The van der Waals surface area contributed by atoms with Crippen LogP contribution in [0.1, 0.15) is 11.1 Å². The average molecular weight is 330 g/mol. The second-order valence-corrected chi connectivity index (χ2v) is 7.13. The van der Waals surface area contributed by atoms with Crippen molar-refractivity contribution in [2.75, 3.05) is 13.8 Å². The normalized spacial score (nSPS) is 13.1. The van der Waals surface area contributed by atoms with Gasteiger partial charge in [-0.05, 0) is 42.0 Å². The molecule has 0 N–H and O–H groups in total. The summed E-state index contributed by atoms with van der Waals surface area (Å²) < 4.78 is 36.9. The van der Waals surface area contributed by atoms with Crippen molar-refractivity contribution in [1.29, 1.82) is 5.26 Å². The minimum Gasteiger partial charge on any atom is -0.454 e. The average Bonchev–Trinajstić information content (AvgIpc) is 3.02. The standard InChI is InChI=1S/C16H14N2O4S/c1-18(10-13-4-7-15-16(8-13)22-11-21-15)23(19,20)14-5-2-12(9-17)3-6-14/h2-8H,10-11H2,1H3. The molecule has 0 amide bonds. The molecule has 6 nitrogen and oxygen atoms in total. The molecule has 0 radical (unpaired) electrons. The van der Waals surface area contributed by atoms with Crippen molar-refractivity contribution in [3.63, 3.8) is 0 Å². The summed E-state index contributed by atoms with van der Waals surface area (Å²) in [5.74, 6) is 1.28. The highest BCUT2D eigenvalue weighted by Crippen LogP contribution is 2.33. The number of rotatable bonds is 4. The molecular weight excluding hydrogens is 316 g/mol. The molecule has 0 fully saturated rings. The molecule has 1 aliphatic heterocycles. The predicted octanol–water partition coefficient (Wildman–Crippen LogP) is 2.11. The summed E-state index contributed by atoms with van der Waals surface area (Å²) in [6.07, 6.45) is 0. The molecule has 2 aromatic carbocycles. The predicted molar refractivity (Wildman–Crippen MR) is 82.4 cm³/mol. The third-order valence-corrected chi connectivity index (χ3v) is 5.35. The van der Waals surface area contributed by atoms with Crippen LogP contribution < -0.4 is 9.47 Å². The van der Waals surface area contributed by atoms with Crippen molar-refractivity contribution in [3.8, 4) is 17.6 Å². The van der Waals surface area contributed by atoms with Crippen LogP contribution in [0.2, 0.25) is 0 Å². The molecule has 23 heavy (non-hydrogen) atoms. The van der Waals surface area contributed by atoms with Gasteiger partial charge in [0.05, 0.1) is 16.5 Å². The van der Waals surface area contributed by atoms with E-state index < -0.39 is 10.0 Å². The molecule has 1 heterocycles. The zero-order chi connectivity index (χ0) is 16.4. The van der Waals surface area contributed by atoms with E-state index in [-0.39, 0.29) is 18.2 Å². The molecule has 0 unspecified atom stereocenters. The molecular formula is C16H14N2O4S. The van der Waals surface area contributed by atoms with E-state index in [1.807, 2.05) is 6.07 Å². The zero-order valence-electron chi connectivity index (χ0n) is 12.4. The molecule has 0 saturated heterocycles. The summed E-state index contributed by atoms with van der Waals surface area (Å²) in [5, 5.41) is 8.78. The van der Waals surface area contributed by atoms with Gasteiger partial charge in [-0.3, -0.25) is 0 Å². The summed E-state index contributed by atoms with van der Waals surface area (Å²) in [6, 6.07) is 13.1. The summed E-state index contributed by atoms with van der Waals surface area (Å²) in [5.41, 5.74) is 1.22. The highest BCUT2D eigenvalue weighted by Gasteiger charge is 2.22. The third kappa shape index (κ3) is 2.99. The second kappa shape index (κ2) is 5.91. The lowest BCUT2D eigenvalue weighted by Gasteiger charge is -2.17. The lowest BCUT2D eigenvalue weighted by atomic mass is 10.2. The number of sulfonamides is 1. The zero-order valence-corrected chi connectivity index (χ0v) is 13.2. The fourth-order valence-electron chi connectivity index (χ4n) is 2.26. The van der Waals surface area contributed by atoms with Gasteiger partial charge in [0, 0.05) is 13.6 Å². The highest BCUT2D eigenvalue weighted by atomic mass is 32.2. The lowest BCUT2D eigenvalue weighted by Crippen LogP contribution is -2.26. The van der Waals surface area contributed by atoms with Crippen molar-refractivity contribution >= 4 is 10.0 Å². The Hall–Kier alpha value is -2.56. The molecule has 1 aliphatic rings. The van der Waals surface area contributed by atoms with Gasteiger partial charge in [0.2, 0.25) is 16.8 Å². The molecule has 0 aliphatic carbocycles. The topological polar surface area (TPSA) is 79.6 Å². The van der Waals surface area contributed by atoms with Crippen LogP contribution in [0.3, 0.4) is 0 Å². The summed E-state index contributed by atoms with van der Waals surface area (Å²) in [6.45, 7) is 0.386. The van der Waals surface area contributed by atoms with Crippen molar-refractivity contribution in [3.05, 3.63) is 53.6 Å². The van der Waals surface area contributed by atoms with Gasteiger partial charge >= 0.3 is 0 Å². The van der Waals surface area contributed by atoms with Crippen molar-refractivity contribution in [1.82, 2.24) is 4.31 Å². The van der Waals surface area contributed by atoms with Gasteiger partial charge in [-0.1, -0.05) is 6.07 Å². The SMILES string of the molecule is CN(Cc1ccc2c(c1)OCO2)S(=O)(=O)c1ccc(C#N)cc1. The van der Waals surface area contributed by atoms with Crippen molar-refractivity contribution < 1.29 is 17.9 Å².